The summed E-state index contributed by atoms with van der Waals surface area (Å²) in [6.07, 6.45) is 2.08. The van der Waals surface area contributed by atoms with Gasteiger partial charge in [0.25, 0.3) is 0 Å². The van der Waals surface area contributed by atoms with Gasteiger partial charge in [-0.15, -0.1) is 0 Å². The van der Waals surface area contributed by atoms with Gasteiger partial charge in [-0.2, -0.15) is 0 Å². The number of hydrogen-bond acceptors (Lipinski definition) is 3. The van der Waals surface area contributed by atoms with Gasteiger partial charge in [0.2, 0.25) is 0 Å². The van der Waals surface area contributed by atoms with Gasteiger partial charge >= 0.3 is 0 Å². The lowest BCUT2D eigenvalue weighted by Gasteiger charge is -2.17. The van der Waals surface area contributed by atoms with Gasteiger partial charge in [0, 0.05) is 25.7 Å². The molecule has 0 spiro atoms. The van der Waals surface area contributed by atoms with E-state index in [1.54, 1.807) is 0 Å². The number of nitrogens with one attached hydrogen (secondary N) is 1. The summed E-state index contributed by atoms with van der Waals surface area (Å²) >= 11 is 0. The summed E-state index contributed by atoms with van der Waals surface area (Å²) in [5, 5.41) is 8.92. The molecule has 0 atom stereocenters. The van der Waals surface area contributed by atoms with Crippen molar-refractivity contribution in [2.24, 2.45) is 0 Å². The lowest BCUT2D eigenvalue weighted by Crippen LogP contribution is -2.20. The minimum atomic E-state index is 0.165. The van der Waals surface area contributed by atoms with Crippen LogP contribution >= 0.6 is 0 Å². The number of fused-ring (bicyclic) bond motifs is 1. The van der Waals surface area contributed by atoms with Crippen LogP contribution in [0.1, 0.15) is 19.2 Å². The Balaban J connectivity index is 2.29. The first kappa shape index (κ1) is 11.9. The van der Waals surface area contributed by atoms with Crippen LogP contribution in [0.4, 0.5) is 5.69 Å². The van der Waals surface area contributed by atoms with Gasteiger partial charge in [0.15, 0.2) is 0 Å². The highest BCUT2D eigenvalue weighted by molar-refractivity contribution is 5.79. The molecule has 0 aliphatic rings. The van der Waals surface area contributed by atoms with Crippen LogP contribution in [0, 0.1) is 0 Å². The lowest BCUT2D eigenvalue weighted by molar-refractivity contribution is 0.304. The Hall–Kier alpha value is -1.55. The van der Waals surface area contributed by atoms with Gasteiger partial charge in [0.05, 0.1) is 17.6 Å². The van der Waals surface area contributed by atoms with Crippen molar-refractivity contribution >= 4 is 16.7 Å². The lowest BCUT2D eigenvalue weighted by atomic mass is 10.2. The molecule has 2 rings (SSSR count). The minimum absolute atomic E-state index is 0.165. The fraction of sp³-hybridized carbons (Fsp3) is 0.462. The van der Waals surface area contributed by atoms with Crippen molar-refractivity contribution < 1.29 is 5.11 Å². The molecule has 2 N–H and O–H groups in total. The highest BCUT2D eigenvalue weighted by Crippen LogP contribution is 2.20. The van der Waals surface area contributed by atoms with Crippen molar-refractivity contribution in [2.75, 3.05) is 25.1 Å². The van der Waals surface area contributed by atoms with Crippen LogP contribution in [-0.2, 0) is 6.42 Å². The number of hydrogen-bond donors (Lipinski definition) is 2. The van der Waals surface area contributed by atoms with Gasteiger partial charge < -0.3 is 15.0 Å². The molecule has 0 fully saturated rings. The number of likely N-dealkylation sites (N-methyl/N-ethyl adjacent to an activating group) is 1. The third-order valence-electron chi connectivity index (χ3n) is 2.88. The van der Waals surface area contributed by atoms with Crippen LogP contribution < -0.4 is 4.90 Å². The van der Waals surface area contributed by atoms with E-state index in [4.69, 9.17) is 5.11 Å². The quantitative estimate of drug-likeness (QED) is 0.830. The summed E-state index contributed by atoms with van der Waals surface area (Å²) in [6.45, 7) is 2.95. The number of nitrogens with zero attached hydrogens (tertiary/aromatic N) is 2. The number of aromatic amines is 1. The van der Waals surface area contributed by atoms with Crippen LogP contribution in [0.2, 0.25) is 0 Å². The number of rotatable bonds is 5. The van der Waals surface area contributed by atoms with E-state index in [1.807, 2.05) is 24.1 Å². The summed E-state index contributed by atoms with van der Waals surface area (Å²) in [7, 11) is 1.97. The van der Waals surface area contributed by atoms with E-state index < -0.39 is 0 Å². The number of imidazole rings is 1. The van der Waals surface area contributed by atoms with Crippen molar-refractivity contribution in [3.05, 3.63) is 24.0 Å². The molecule has 0 aliphatic carbocycles. The predicted octanol–water partition coefficient (Wildman–Crippen LogP) is 1.94. The first-order chi connectivity index (χ1) is 8.24. The Kier molecular flexibility index (Phi) is 3.64. The maximum atomic E-state index is 8.92. The third kappa shape index (κ3) is 2.58. The Morgan fingerprint density at radius 3 is 2.94 bits per heavy atom. The van der Waals surface area contributed by atoms with Gasteiger partial charge in [-0.3, -0.25) is 0 Å². The molecule has 0 bridgehead atoms. The summed E-state index contributed by atoms with van der Waals surface area (Å²) < 4.78 is 0. The average Bonchev–Trinajstić information content (AvgIpc) is 2.71. The van der Waals surface area contributed by atoms with Crippen molar-refractivity contribution in [1.82, 2.24) is 9.97 Å². The van der Waals surface area contributed by atoms with Crippen LogP contribution in [0.25, 0.3) is 11.0 Å². The molecule has 1 heterocycles. The topological polar surface area (TPSA) is 52.1 Å². The summed E-state index contributed by atoms with van der Waals surface area (Å²) in [4.78, 5) is 9.89. The second-order valence-electron chi connectivity index (χ2n) is 4.28. The van der Waals surface area contributed by atoms with Crippen molar-refractivity contribution in [1.29, 1.82) is 0 Å². The first-order valence-corrected chi connectivity index (χ1v) is 6.05. The average molecular weight is 233 g/mol. The van der Waals surface area contributed by atoms with E-state index in [-0.39, 0.29) is 6.61 Å². The summed E-state index contributed by atoms with van der Waals surface area (Å²) in [6, 6.07) is 6.14. The molecule has 0 unspecified atom stereocenters. The molecule has 92 valence electrons. The van der Waals surface area contributed by atoms with E-state index in [0.717, 1.165) is 35.4 Å². The third-order valence-corrected chi connectivity index (χ3v) is 2.88. The molecule has 0 radical (unpaired) electrons. The standard InChI is InChI=1S/C13H19N3O/c1-3-4-13-14-11-6-5-10(9-12(11)15-13)16(2)7-8-17/h5-6,9,17H,3-4,7-8H2,1-2H3,(H,14,15). The van der Waals surface area contributed by atoms with E-state index in [9.17, 15) is 0 Å². The Morgan fingerprint density at radius 2 is 2.24 bits per heavy atom. The number of benzene rings is 1. The van der Waals surface area contributed by atoms with Gasteiger partial charge in [-0.25, -0.2) is 4.98 Å². The minimum Gasteiger partial charge on any atom is -0.395 e. The monoisotopic (exact) mass is 233 g/mol. The summed E-state index contributed by atoms with van der Waals surface area (Å²) in [5.41, 5.74) is 3.17. The van der Waals surface area contributed by atoms with E-state index in [0.29, 0.717) is 6.54 Å². The number of aromatic nitrogens is 2. The molecule has 4 nitrogen and oxygen atoms in total. The fourth-order valence-corrected chi connectivity index (χ4v) is 1.92. The van der Waals surface area contributed by atoms with E-state index in [1.165, 1.54) is 0 Å². The smallest absolute Gasteiger partial charge is 0.107 e. The molecule has 4 heteroatoms. The van der Waals surface area contributed by atoms with Gasteiger partial charge in [0.1, 0.15) is 5.82 Å². The number of aliphatic hydroxyl groups excluding tert-OH is 1. The Morgan fingerprint density at radius 1 is 1.41 bits per heavy atom. The molecular weight excluding hydrogens is 214 g/mol. The molecule has 1 aromatic heterocycles. The van der Waals surface area contributed by atoms with E-state index in [2.05, 4.69) is 23.0 Å². The van der Waals surface area contributed by atoms with Crippen LogP contribution in [0.5, 0.6) is 0 Å². The van der Waals surface area contributed by atoms with Crippen LogP contribution in [0.3, 0.4) is 0 Å². The number of aryl methyl sites for hydroxylation is 1. The molecule has 1 aromatic carbocycles. The van der Waals surface area contributed by atoms with Crippen molar-refractivity contribution in [3.8, 4) is 0 Å². The second kappa shape index (κ2) is 5.19. The molecule has 17 heavy (non-hydrogen) atoms. The molecular formula is C13H19N3O. The predicted molar refractivity (Wildman–Crippen MR) is 70.4 cm³/mol. The normalized spacial score (nSPS) is 11.0. The van der Waals surface area contributed by atoms with Gasteiger partial charge in [-0.05, 0) is 24.6 Å². The zero-order valence-corrected chi connectivity index (χ0v) is 10.4. The van der Waals surface area contributed by atoms with Crippen LogP contribution in [0.15, 0.2) is 18.2 Å². The molecule has 2 aromatic rings. The largest absolute Gasteiger partial charge is 0.395 e. The zero-order valence-electron chi connectivity index (χ0n) is 10.4. The van der Waals surface area contributed by atoms with Crippen molar-refractivity contribution in [3.63, 3.8) is 0 Å². The Labute approximate surface area is 101 Å². The highest BCUT2D eigenvalue weighted by Gasteiger charge is 2.05. The summed E-state index contributed by atoms with van der Waals surface area (Å²) in [5.74, 6) is 1.05. The van der Waals surface area contributed by atoms with Gasteiger partial charge in [-0.1, -0.05) is 6.92 Å². The van der Waals surface area contributed by atoms with E-state index >= 15 is 0 Å². The molecule has 0 amide bonds. The number of aliphatic hydroxyl groups is 1. The maximum absolute atomic E-state index is 8.92. The zero-order chi connectivity index (χ0) is 12.3. The fourth-order valence-electron chi connectivity index (χ4n) is 1.92. The maximum Gasteiger partial charge on any atom is 0.107 e. The highest BCUT2D eigenvalue weighted by atomic mass is 16.3. The number of H-pyrrole nitrogens is 1. The molecule has 0 aliphatic heterocycles. The first-order valence-electron chi connectivity index (χ1n) is 6.05. The van der Waals surface area contributed by atoms with Crippen molar-refractivity contribution in [2.45, 2.75) is 19.8 Å². The Bertz CT molecular complexity index is 492. The molecule has 0 saturated heterocycles. The number of anilines is 1. The second-order valence-corrected chi connectivity index (χ2v) is 4.28. The molecule has 0 saturated carbocycles. The SMILES string of the molecule is CCCc1nc2ccc(N(C)CCO)cc2[nH]1. The van der Waals surface area contributed by atoms with Crippen LogP contribution in [-0.4, -0.2) is 35.3 Å².